The van der Waals surface area contributed by atoms with Crippen molar-refractivity contribution in [1.82, 2.24) is 5.32 Å². The maximum Gasteiger partial charge on any atom is 0.329 e. The van der Waals surface area contributed by atoms with Crippen molar-refractivity contribution < 1.29 is 14.7 Å². The Labute approximate surface area is 96.4 Å². The van der Waals surface area contributed by atoms with Gasteiger partial charge in [-0.25, -0.2) is 4.79 Å². The van der Waals surface area contributed by atoms with Gasteiger partial charge in [0.25, 0.3) is 0 Å². The van der Waals surface area contributed by atoms with Crippen LogP contribution in [0.2, 0.25) is 0 Å². The number of aliphatic carboxylic acids is 1. The van der Waals surface area contributed by atoms with Crippen molar-refractivity contribution in [1.29, 1.82) is 0 Å². The monoisotopic (exact) mass is 230 g/mol. The Morgan fingerprint density at radius 3 is 2.25 bits per heavy atom. The maximum atomic E-state index is 11.7. The van der Waals surface area contributed by atoms with Crippen LogP contribution in [0.1, 0.15) is 40.5 Å². The highest BCUT2D eigenvalue weighted by atomic mass is 16.4. The Morgan fingerprint density at radius 2 is 1.94 bits per heavy atom. The summed E-state index contributed by atoms with van der Waals surface area (Å²) in [6.45, 7) is 6.81. The normalized spacial score (nSPS) is 18.3. The second-order valence-electron chi connectivity index (χ2n) is 4.52. The Morgan fingerprint density at radius 1 is 1.44 bits per heavy atom. The number of nitrogens with two attached hydrogens (primary N) is 1. The highest BCUT2D eigenvalue weighted by molar-refractivity contribution is 5.87. The molecule has 0 rings (SSSR count). The predicted octanol–water partition coefficient (Wildman–Crippen LogP) is 0.729. The van der Waals surface area contributed by atoms with Gasteiger partial charge in [0.1, 0.15) is 5.54 Å². The summed E-state index contributed by atoms with van der Waals surface area (Å²) in [5, 5.41) is 11.6. The quantitative estimate of drug-likeness (QED) is 0.627. The lowest BCUT2D eigenvalue weighted by molar-refractivity contribution is -0.147. The highest BCUT2D eigenvalue weighted by Gasteiger charge is 2.35. The van der Waals surface area contributed by atoms with E-state index in [0.29, 0.717) is 12.8 Å². The fourth-order valence-corrected chi connectivity index (χ4v) is 1.35. The van der Waals surface area contributed by atoms with Crippen LogP contribution in [0, 0.1) is 5.92 Å². The molecule has 94 valence electrons. The number of carbonyl (C=O) groups excluding carboxylic acids is 1. The molecule has 1 amide bonds. The summed E-state index contributed by atoms with van der Waals surface area (Å²) in [5.41, 5.74) is 4.40. The van der Waals surface area contributed by atoms with E-state index in [-0.39, 0.29) is 11.9 Å². The second kappa shape index (κ2) is 5.84. The summed E-state index contributed by atoms with van der Waals surface area (Å²) < 4.78 is 0. The smallest absolute Gasteiger partial charge is 0.329 e. The Hall–Kier alpha value is -1.10. The number of amides is 1. The lowest BCUT2D eigenvalue weighted by Crippen LogP contribution is -2.55. The molecular weight excluding hydrogens is 208 g/mol. The summed E-state index contributed by atoms with van der Waals surface area (Å²) in [7, 11) is 0. The maximum absolute atomic E-state index is 11.7. The average molecular weight is 230 g/mol. The standard InChI is InChI=1S/C11H22N2O3/c1-5-6-11(4,10(15)16)13-9(14)7(2)8(3)12/h7-8H,5-6,12H2,1-4H3,(H,13,14)(H,15,16). The van der Waals surface area contributed by atoms with E-state index in [9.17, 15) is 9.59 Å². The van der Waals surface area contributed by atoms with Gasteiger partial charge < -0.3 is 16.2 Å². The Kier molecular flexibility index (Phi) is 5.44. The van der Waals surface area contributed by atoms with Crippen LogP contribution in [0.5, 0.6) is 0 Å². The van der Waals surface area contributed by atoms with E-state index < -0.39 is 17.4 Å². The van der Waals surface area contributed by atoms with Crippen molar-refractivity contribution in [2.75, 3.05) is 0 Å². The van der Waals surface area contributed by atoms with Gasteiger partial charge in [0.15, 0.2) is 0 Å². The van der Waals surface area contributed by atoms with Crippen molar-refractivity contribution in [2.45, 2.75) is 52.1 Å². The van der Waals surface area contributed by atoms with Gasteiger partial charge in [0, 0.05) is 12.0 Å². The largest absolute Gasteiger partial charge is 0.480 e. The fourth-order valence-electron chi connectivity index (χ4n) is 1.35. The molecule has 0 heterocycles. The van der Waals surface area contributed by atoms with Gasteiger partial charge in [-0.3, -0.25) is 4.79 Å². The molecule has 0 fully saturated rings. The number of hydrogen-bond donors (Lipinski definition) is 3. The molecule has 0 aromatic rings. The number of carboxylic acids is 1. The van der Waals surface area contributed by atoms with Crippen LogP contribution < -0.4 is 11.1 Å². The second-order valence-corrected chi connectivity index (χ2v) is 4.52. The fraction of sp³-hybridized carbons (Fsp3) is 0.818. The molecule has 3 unspecified atom stereocenters. The van der Waals surface area contributed by atoms with E-state index in [1.165, 1.54) is 6.92 Å². The van der Waals surface area contributed by atoms with E-state index in [4.69, 9.17) is 10.8 Å². The molecular formula is C11H22N2O3. The van der Waals surface area contributed by atoms with Crippen molar-refractivity contribution in [3.05, 3.63) is 0 Å². The third-order valence-corrected chi connectivity index (χ3v) is 2.82. The first kappa shape index (κ1) is 14.9. The molecule has 5 heteroatoms. The summed E-state index contributed by atoms with van der Waals surface area (Å²) in [4.78, 5) is 22.8. The molecule has 3 atom stereocenters. The first-order valence-electron chi connectivity index (χ1n) is 5.55. The third kappa shape index (κ3) is 3.81. The van der Waals surface area contributed by atoms with Crippen LogP contribution >= 0.6 is 0 Å². The zero-order valence-corrected chi connectivity index (χ0v) is 10.4. The SMILES string of the molecule is CCCC(C)(NC(=O)C(C)C(C)N)C(=O)O. The van der Waals surface area contributed by atoms with Crippen molar-refractivity contribution in [3.63, 3.8) is 0 Å². The van der Waals surface area contributed by atoms with Gasteiger partial charge in [0.05, 0.1) is 0 Å². The number of hydrogen-bond acceptors (Lipinski definition) is 3. The van der Waals surface area contributed by atoms with Crippen molar-refractivity contribution in [2.24, 2.45) is 11.7 Å². The third-order valence-electron chi connectivity index (χ3n) is 2.82. The van der Waals surface area contributed by atoms with E-state index >= 15 is 0 Å². The minimum atomic E-state index is -1.20. The van der Waals surface area contributed by atoms with E-state index in [2.05, 4.69) is 5.32 Å². The summed E-state index contributed by atoms with van der Waals surface area (Å²) in [6.07, 6.45) is 1.09. The van der Waals surface area contributed by atoms with Crippen LogP contribution in [0.15, 0.2) is 0 Å². The number of rotatable bonds is 6. The van der Waals surface area contributed by atoms with Crippen LogP contribution in [0.3, 0.4) is 0 Å². The zero-order chi connectivity index (χ0) is 12.9. The Bertz CT molecular complexity index is 266. The Balaban J connectivity index is 4.65. The molecule has 0 radical (unpaired) electrons. The summed E-state index contributed by atoms with van der Waals surface area (Å²) in [5.74, 6) is -1.72. The van der Waals surface area contributed by atoms with Crippen LogP contribution in [-0.4, -0.2) is 28.6 Å². The number of nitrogens with one attached hydrogen (secondary N) is 1. The number of carbonyl (C=O) groups is 2. The minimum absolute atomic E-state index is 0.292. The van der Waals surface area contributed by atoms with Crippen LogP contribution in [-0.2, 0) is 9.59 Å². The van der Waals surface area contributed by atoms with E-state index in [0.717, 1.165) is 0 Å². The summed E-state index contributed by atoms with van der Waals surface area (Å²) in [6, 6.07) is -0.292. The van der Waals surface area contributed by atoms with Crippen LogP contribution in [0.4, 0.5) is 0 Å². The van der Waals surface area contributed by atoms with E-state index in [1.54, 1.807) is 13.8 Å². The molecule has 0 bridgehead atoms. The molecule has 0 aromatic heterocycles. The molecule has 0 saturated heterocycles. The average Bonchev–Trinajstić information content (AvgIpc) is 2.16. The number of carboxylic acid groups (broad SMARTS) is 1. The van der Waals surface area contributed by atoms with Crippen LogP contribution in [0.25, 0.3) is 0 Å². The molecule has 0 saturated carbocycles. The molecule has 16 heavy (non-hydrogen) atoms. The van der Waals surface area contributed by atoms with E-state index in [1.807, 2.05) is 6.92 Å². The molecule has 5 nitrogen and oxygen atoms in total. The highest BCUT2D eigenvalue weighted by Crippen LogP contribution is 2.14. The predicted molar refractivity (Wildman–Crippen MR) is 61.9 cm³/mol. The van der Waals surface area contributed by atoms with Gasteiger partial charge in [-0.05, 0) is 20.3 Å². The van der Waals surface area contributed by atoms with Crippen molar-refractivity contribution in [3.8, 4) is 0 Å². The van der Waals surface area contributed by atoms with Gasteiger partial charge >= 0.3 is 5.97 Å². The molecule has 0 aliphatic carbocycles. The molecule has 0 aromatic carbocycles. The molecule has 0 spiro atoms. The molecule has 0 aliphatic heterocycles. The first-order chi connectivity index (χ1) is 7.24. The summed E-state index contributed by atoms with van der Waals surface area (Å²) >= 11 is 0. The molecule has 4 N–H and O–H groups in total. The lowest BCUT2D eigenvalue weighted by atomic mass is 9.94. The first-order valence-corrected chi connectivity index (χ1v) is 5.55. The van der Waals surface area contributed by atoms with Gasteiger partial charge in [-0.1, -0.05) is 20.3 Å². The van der Waals surface area contributed by atoms with Gasteiger partial charge in [0.2, 0.25) is 5.91 Å². The van der Waals surface area contributed by atoms with Gasteiger partial charge in [-0.2, -0.15) is 0 Å². The molecule has 0 aliphatic rings. The van der Waals surface area contributed by atoms with Crippen molar-refractivity contribution >= 4 is 11.9 Å². The topological polar surface area (TPSA) is 92.4 Å². The minimum Gasteiger partial charge on any atom is -0.480 e. The lowest BCUT2D eigenvalue weighted by Gasteiger charge is -2.28. The van der Waals surface area contributed by atoms with Gasteiger partial charge in [-0.15, -0.1) is 0 Å². The zero-order valence-electron chi connectivity index (χ0n) is 10.4.